The van der Waals surface area contributed by atoms with Crippen LogP contribution in [0.25, 0.3) is 11.3 Å². The molecule has 2 heterocycles. The zero-order valence-corrected chi connectivity index (χ0v) is 12.0. The Hall–Kier alpha value is -1.61. The molecule has 0 radical (unpaired) electrons. The second-order valence-corrected chi connectivity index (χ2v) is 6.85. The molecule has 1 fully saturated rings. The smallest absolute Gasteiger partial charge is 0.0956 e. The van der Waals surface area contributed by atoms with E-state index in [2.05, 4.69) is 47.7 Å². The third-order valence-electron chi connectivity index (χ3n) is 5.25. The summed E-state index contributed by atoms with van der Waals surface area (Å²) in [5.41, 5.74) is 3.81. The molecule has 1 aliphatic carbocycles. The van der Waals surface area contributed by atoms with Crippen LogP contribution in [0.5, 0.6) is 0 Å². The molecule has 0 saturated heterocycles. The Morgan fingerprint density at radius 2 is 2.10 bits per heavy atom. The summed E-state index contributed by atoms with van der Waals surface area (Å²) in [6, 6.07) is 8.77. The van der Waals surface area contributed by atoms with E-state index >= 15 is 0 Å². The molecular weight excluding hydrogens is 248 g/mol. The first-order chi connectivity index (χ1) is 9.59. The maximum Gasteiger partial charge on any atom is 0.0956 e. The lowest BCUT2D eigenvalue weighted by Crippen LogP contribution is -2.32. The van der Waals surface area contributed by atoms with E-state index in [0.717, 1.165) is 12.8 Å². The van der Waals surface area contributed by atoms with E-state index < -0.39 is 0 Å². The highest BCUT2D eigenvalue weighted by Gasteiger charge is 2.47. The molecular formula is C17H20N2O. The second-order valence-electron chi connectivity index (χ2n) is 6.85. The van der Waals surface area contributed by atoms with Crippen molar-refractivity contribution in [2.75, 3.05) is 0 Å². The molecule has 0 spiro atoms. The predicted molar refractivity (Wildman–Crippen MR) is 78.3 cm³/mol. The van der Waals surface area contributed by atoms with Crippen LogP contribution >= 0.6 is 0 Å². The average molecular weight is 268 g/mol. The van der Waals surface area contributed by atoms with Gasteiger partial charge in [-0.2, -0.15) is 0 Å². The van der Waals surface area contributed by atoms with Crippen molar-refractivity contribution >= 4 is 0 Å². The van der Waals surface area contributed by atoms with Crippen LogP contribution in [0.15, 0.2) is 36.8 Å². The van der Waals surface area contributed by atoms with Crippen LogP contribution in [0.1, 0.15) is 38.3 Å². The normalized spacial score (nSPS) is 30.2. The SMILES string of the molecule is CC1(C)CCC([C@H]2c3ccccc3-c3cncn32)[C@@H]1O. The van der Waals surface area contributed by atoms with Crippen LogP contribution in [0, 0.1) is 11.3 Å². The molecule has 3 heteroatoms. The third kappa shape index (κ3) is 1.47. The number of aliphatic hydroxyl groups excluding tert-OH is 1. The molecule has 1 aliphatic heterocycles. The van der Waals surface area contributed by atoms with Crippen molar-refractivity contribution in [3.05, 3.63) is 42.4 Å². The number of imidazole rings is 1. The maximum atomic E-state index is 10.7. The van der Waals surface area contributed by atoms with Gasteiger partial charge >= 0.3 is 0 Å². The maximum absolute atomic E-state index is 10.7. The van der Waals surface area contributed by atoms with Gasteiger partial charge in [0, 0.05) is 11.5 Å². The minimum absolute atomic E-state index is 0.0168. The highest BCUT2D eigenvalue weighted by atomic mass is 16.3. The van der Waals surface area contributed by atoms with Crippen molar-refractivity contribution in [3.8, 4) is 11.3 Å². The fraction of sp³-hybridized carbons (Fsp3) is 0.471. The summed E-state index contributed by atoms with van der Waals surface area (Å²) in [7, 11) is 0. The molecule has 2 aliphatic rings. The molecule has 1 unspecified atom stereocenters. The Morgan fingerprint density at radius 3 is 2.85 bits per heavy atom. The van der Waals surface area contributed by atoms with Crippen molar-refractivity contribution in [1.29, 1.82) is 0 Å². The lowest BCUT2D eigenvalue weighted by molar-refractivity contribution is 0.0344. The fourth-order valence-electron chi connectivity index (χ4n) is 4.06. The topological polar surface area (TPSA) is 38.0 Å². The molecule has 0 bridgehead atoms. The number of fused-ring (bicyclic) bond motifs is 3. The molecule has 1 N–H and O–H groups in total. The predicted octanol–water partition coefficient (Wildman–Crippen LogP) is 3.25. The number of hydrogen-bond acceptors (Lipinski definition) is 2. The minimum Gasteiger partial charge on any atom is -0.392 e. The van der Waals surface area contributed by atoms with Gasteiger partial charge in [0.25, 0.3) is 0 Å². The Kier molecular flexibility index (Phi) is 2.40. The summed E-state index contributed by atoms with van der Waals surface area (Å²) in [6.45, 7) is 4.35. The number of benzene rings is 1. The van der Waals surface area contributed by atoms with Gasteiger partial charge in [0.15, 0.2) is 0 Å². The zero-order valence-electron chi connectivity index (χ0n) is 12.0. The van der Waals surface area contributed by atoms with Crippen LogP contribution in [0.2, 0.25) is 0 Å². The fourth-order valence-corrected chi connectivity index (χ4v) is 4.06. The zero-order chi connectivity index (χ0) is 13.9. The van der Waals surface area contributed by atoms with Crippen molar-refractivity contribution in [3.63, 3.8) is 0 Å². The van der Waals surface area contributed by atoms with Gasteiger partial charge in [0.05, 0.1) is 30.4 Å². The standard InChI is InChI=1S/C17H20N2O/c1-17(2)8-7-13(16(17)20)15-12-6-4-3-5-11(12)14-9-18-10-19(14)15/h3-6,9-10,13,15-16,20H,7-8H2,1-2H3/t13?,15-,16+/m1/s1. The van der Waals surface area contributed by atoms with Crippen molar-refractivity contribution < 1.29 is 5.11 Å². The Balaban J connectivity index is 1.84. The molecule has 3 atom stereocenters. The Morgan fingerprint density at radius 1 is 1.30 bits per heavy atom. The van der Waals surface area contributed by atoms with E-state index in [-0.39, 0.29) is 23.5 Å². The summed E-state index contributed by atoms with van der Waals surface area (Å²) in [6.07, 6.45) is 5.75. The van der Waals surface area contributed by atoms with Crippen LogP contribution in [-0.2, 0) is 0 Å². The molecule has 20 heavy (non-hydrogen) atoms. The second kappa shape index (κ2) is 3.95. The van der Waals surface area contributed by atoms with Crippen molar-refractivity contribution in [1.82, 2.24) is 9.55 Å². The Labute approximate surface area is 119 Å². The first-order valence-electron chi connectivity index (χ1n) is 7.39. The van der Waals surface area contributed by atoms with Gasteiger partial charge in [-0.1, -0.05) is 38.1 Å². The number of hydrogen-bond donors (Lipinski definition) is 1. The van der Waals surface area contributed by atoms with Gasteiger partial charge in [0.2, 0.25) is 0 Å². The van der Waals surface area contributed by atoms with E-state index in [1.54, 1.807) is 0 Å². The van der Waals surface area contributed by atoms with E-state index in [1.165, 1.54) is 16.8 Å². The molecule has 3 nitrogen and oxygen atoms in total. The molecule has 0 amide bonds. The Bertz CT molecular complexity index is 659. The summed E-state index contributed by atoms with van der Waals surface area (Å²) < 4.78 is 2.25. The summed E-state index contributed by atoms with van der Waals surface area (Å²) in [5.74, 6) is 0.279. The monoisotopic (exact) mass is 268 g/mol. The quantitative estimate of drug-likeness (QED) is 0.862. The van der Waals surface area contributed by atoms with E-state index in [0.29, 0.717) is 0 Å². The van der Waals surface area contributed by atoms with Gasteiger partial charge in [-0.15, -0.1) is 0 Å². The average Bonchev–Trinajstić information content (AvgIpc) is 3.07. The molecule has 2 aromatic rings. The summed E-state index contributed by atoms with van der Waals surface area (Å²) >= 11 is 0. The van der Waals surface area contributed by atoms with E-state index in [4.69, 9.17) is 0 Å². The van der Waals surface area contributed by atoms with Crippen molar-refractivity contribution in [2.45, 2.75) is 38.8 Å². The third-order valence-corrected chi connectivity index (χ3v) is 5.25. The van der Waals surface area contributed by atoms with Crippen LogP contribution in [-0.4, -0.2) is 20.8 Å². The minimum atomic E-state index is -0.256. The van der Waals surface area contributed by atoms with Crippen molar-refractivity contribution in [2.24, 2.45) is 11.3 Å². The number of rotatable bonds is 1. The van der Waals surface area contributed by atoms with Crippen LogP contribution < -0.4 is 0 Å². The molecule has 104 valence electrons. The van der Waals surface area contributed by atoms with Crippen LogP contribution in [0.4, 0.5) is 0 Å². The lowest BCUT2D eigenvalue weighted by atomic mass is 9.83. The highest BCUT2D eigenvalue weighted by molar-refractivity contribution is 5.69. The first-order valence-corrected chi connectivity index (χ1v) is 7.39. The number of aromatic nitrogens is 2. The lowest BCUT2D eigenvalue weighted by Gasteiger charge is -2.30. The summed E-state index contributed by atoms with van der Waals surface area (Å²) in [4.78, 5) is 4.31. The first kappa shape index (κ1) is 12.2. The molecule has 1 aromatic carbocycles. The number of aliphatic hydroxyl groups is 1. The molecule has 1 aromatic heterocycles. The van der Waals surface area contributed by atoms with Gasteiger partial charge in [-0.25, -0.2) is 4.98 Å². The van der Waals surface area contributed by atoms with Gasteiger partial charge in [0.1, 0.15) is 0 Å². The number of nitrogens with zero attached hydrogens (tertiary/aromatic N) is 2. The molecule has 4 rings (SSSR count). The van der Waals surface area contributed by atoms with Gasteiger partial charge in [-0.3, -0.25) is 0 Å². The summed E-state index contributed by atoms with van der Waals surface area (Å²) in [5, 5.41) is 10.7. The highest BCUT2D eigenvalue weighted by Crippen LogP contribution is 2.52. The van der Waals surface area contributed by atoms with Gasteiger partial charge in [-0.05, 0) is 23.8 Å². The van der Waals surface area contributed by atoms with E-state index in [9.17, 15) is 5.11 Å². The molecule has 1 saturated carbocycles. The largest absolute Gasteiger partial charge is 0.392 e. The van der Waals surface area contributed by atoms with E-state index in [1.807, 2.05) is 12.5 Å². The van der Waals surface area contributed by atoms with Gasteiger partial charge < -0.3 is 9.67 Å². The van der Waals surface area contributed by atoms with Crippen LogP contribution in [0.3, 0.4) is 0 Å².